The quantitative estimate of drug-likeness (QED) is 0.410. The van der Waals surface area contributed by atoms with Gasteiger partial charge >= 0.3 is 12.1 Å². The van der Waals surface area contributed by atoms with Crippen LogP contribution in [0, 0.1) is 0 Å². The molecule has 0 bridgehead atoms. The summed E-state index contributed by atoms with van der Waals surface area (Å²) in [6.07, 6.45) is 0.521. The second-order valence-electron chi connectivity index (χ2n) is 8.91. The van der Waals surface area contributed by atoms with Gasteiger partial charge in [0.05, 0.1) is 5.54 Å². The lowest BCUT2D eigenvalue weighted by Gasteiger charge is -2.27. The van der Waals surface area contributed by atoms with Crippen molar-refractivity contribution in [1.82, 2.24) is 15.6 Å². The van der Waals surface area contributed by atoms with Crippen molar-refractivity contribution in [3.63, 3.8) is 0 Å². The predicted octanol–water partition coefficient (Wildman–Crippen LogP) is 4.27. The van der Waals surface area contributed by atoms with Crippen LogP contribution in [-0.4, -0.2) is 40.7 Å². The third kappa shape index (κ3) is 5.51. The summed E-state index contributed by atoms with van der Waals surface area (Å²) in [6, 6.07) is 14.9. The first-order chi connectivity index (χ1) is 16.8. The molecule has 1 atom stereocenters. The molecule has 1 aromatic heterocycles. The monoisotopic (exact) mass is 493 g/mol. The van der Waals surface area contributed by atoms with E-state index < -0.39 is 29.6 Å². The Morgan fingerprint density at radius 3 is 2.29 bits per heavy atom. The van der Waals surface area contributed by atoms with Gasteiger partial charge in [0.25, 0.3) is 0 Å². The van der Waals surface area contributed by atoms with Gasteiger partial charge in [-0.1, -0.05) is 48.5 Å². The van der Waals surface area contributed by atoms with Gasteiger partial charge in [0.1, 0.15) is 17.7 Å². The van der Waals surface area contributed by atoms with E-state index in [1.54, 1.807) is 25.4 Å². The summed E-state index contributed by atoms with van der Waals surface area (Å²) in [5.74, 6) is -1.68. The zero-order chi connectivity index (χ0) is 25.0. The van der Waals surface area contributed by atoms with Crippen LogP contribution in [0.1, 0.15) is 48.7 Å². The van der Waals surface area contributed by atoms with Crippen LogP contribution in [-0.2, 0) is 19.9 Å². The van der Waals surface area contributed by atoms with Crippen molar-refractivity contribution in [2.75, 3.05) is 6.61 Å². The van der Waals surface area contributed by atoms with Gasteiger partial charge in [-0.3, -0.25) is 9.59 Å². The van der Waals surface area contributed by atoms with Crippen molar-refractivity contribution in [3.8, 4) is 11.1 Å². The Labute approximate surface area is 207 Å². The molecule has 35 heavy (non-hydrogen) atoms. The molecule has 0 fully saturated rings. The lowest BCUT2D eigenvalue weighted by atomic mass is 9.98. The van der Waals surface area contributed by atoms with Crippen molar-refractivity contribution < 1.29 is 24.2 Å². The average molecular weight is 494 g/mol. The summed E-state index contributed by atoms with van der Waals surface area (Å²) < 4.78 is 5.54. The van der Waals surface area contributed by atoms with Gasteiger partial charge in [0.15, 0.2) is 0 Å². The van der Waals surface area contributed by atoms with Gasteiger partial charge in [0.2, 0.25) is 5.91 Å². The topological polar surface area (TPSA) is 118 Å². The number of rotatable bonds is 9. The molecule has 2 amide bonds. The summed E-state index contributed by atoms with van der Waals surface area (Å²) in [7, 11) is 0. The molecule has 0 aliphatic heterocycles. The number of fused-ring (bicyclic) bond motifs is 3. The Morgan fingerprint density at radius 1 is 1.09 bits per heavy atom. The molecule has 3 N–H and O–H groups in total. The van der Waals surface area contributed by atoms with E-state index in [9.17, 15) is 14.4 Å². The number of carbonyl (C=O) groups excluding carboxylic acids is 2. The maximum Gasteiger partial charge on any atom is 0.407 e. The summed E-state index contributed by atoms with van der Waals surface area (Å²) in [4.78, 5) is 41.1. The fourth-order valence-electron chi connectivity index (χ4n) is 4.30. The Kier molecular flexibility index (Phi) is 7.16. The van der Waals surface area contributed by atoms with Crippen molar-refractivity contribution in [2.24, 2.45) is 0 Å². The van der Waals surface area contributed by atoms with Crippen LogP contribution in [0.5, 0.6) is 0 Å². The molecule has 0 spiro atoms. The molecule has 3 aromatic rings. The fraction of sp³-hybridized carbons (Fsp3) is 0.308. The van der Waals surface area contributed by atoms with E-state index in [4.69, 9.17) is 9.84 Å². The number of aromatic nitrogens is 1. The number of thiazole rings is 1. The van der Waals surface area contributed by atoms with E-state index in [2.05, 4.69) is 15.6 Å². The minimum absolute atomic E-state index is 0.0701. The van der Waals surface area contributed by atoms with Crippen molar-refractivity contribution >= 4 is 29.3 Å². The lowest BCUT2D eigenvalue weighted by Crippen LogP contribution is -2.52. The minimum atomic E-state index is -1.07. The highest BCUT2D eigenvalue weighted by Gasteiger charge is 2.32. The zero-order valence-corrected chi connectivity index (χ0v) is 20.3. The van der Waals surface area contributed by atoms with Gasteiger partial charge in [-0.2, -0.15) is 0 Å². The van der Waals surface area contributed by atoms with E-state index in [0.717, 1.165) is 22.3 Å². The van der Waals surface area contributed by atoms with Crippen LogP contribution in [0.25, 0.3) is 11.1 Å². The van der Waals surface area contributed by atoms with E-state index in [1.807, 2.05) is 48.5 Å². The normalized spacial score (nSPS) is 13.4. The second-order valence-corrected chi connectivity index (χ2v) is 9.80. The number of nitrogens with zero attached hydrogens (tertiary/aromatic N) is 1. The molecule has 9 heteroatoms. The molecule has 8 nitrogen and oxygen atoms in total. The molecule has 1 unspecified atom stereocenters. The third-order valence-electron chi connectivity index (χ3n) is 6.00. The fourth-order valence-corrected chi connectivity index (χ4v) is 5.02. The molecular weight excluding hydrogens is 466 g/mol. The van der Waals surface area contributed by atoms with E-state index >= 15 is 0 Å². The first kappa shape index (κ1) is 24.4. The SMILES string of the molecule is CC(C)(NC(=O)C(CCC(=O)O)NC(=O)OCC1c2ccccc2-c2ccccc21)c1nccs1. The zero-order valence-electron chi connectivity index (χ0n) is 19.5. The van der Waals surface area contributed by atoms with Crippen LogP contribution >= 0.6 is 11.3 Å². The van der Waals surface area contributed by atoms with Crippen LogP contribution in [0.3, 0.4) is 0 Å². The molecule has 0 saturated heterocycles. The maximum atomic E-state index is 13.0. The van der Waals surface area contributed by atoms with Crippen molar-refractivity contribution in [2.45, 2.75) is 44.2 Å². The third-order valence-corrected chi connectivity index (χ3v) is 7.10. The standard InChI is InChI=1S/C26H27N3O5S/c1-26(2,24-27-13-14-35-24)29-23(32)21(11-12-22(30)31)28-25(33)34-15-20-18-9-5-3-7-16(18)17-8-4-6-10-19(17)20/h3-10,13-14,20-21H,11-12,15H2,1-2H3,(H,28,33)(H,29,32)(H,30,31). The van der Waals surface area contributed by atoms with Gasteiger partial charge in [-0.05, 0) is 42.5 Å². The number of ether oxygens (including phenoxy) is 1. The van der Waals surface area contributed by atoms with Gasteiger partial charge in [-0.15, -0.1) is 11.3 Å². The number of alkyl carbamates (subject to hydrolysis) is 1. The Morgan fingerprint density at radius 2 is 1.71 bits per heavy atom. The van der Waals surface area contributed by atoms with E-state index in [-0.39, 0.29) is 25.4 Å². The van der Waals surface area contributed by atoms with Crippen molar-refractivity contribution in [1.29, 1.82) is 0 Å². The number of carbonyl (C=O) groups is 3. The maximum absolute atomic E-state index is 13.0. The highest BCUT2D eigenvalue weighted by atomic mass is 32.1. The molecule has 1 aliphatic rings. The molecule has 182 valence electrons. The summed E-state index contributed by atoms with van der Waals surface area (Å²) in [5, 5.41) is 17.0. The first-order valence-corrected chi connectivity index (χ1v) is 12.2. The number of carboxylic acids is 1. The number of carboxylic acid groups (broad SMARTS) is 1. The lowest BCUT2D eigenvalue weighted by molar-refractivity contribution is -0.137. The predicted molar refractivity (Wildman–Crippen MR) is 132 cm³/mol. The number of amides is 2. The highest BCUT2D eigenvalue weighted by Crippen LogP contribution is 2.44. The van der Waals surface area contributed by atoms with Crippen LogP contribution < -0.4 is 10.6 Å². The Bertz CT molecular complexity index is 1180. The number of aliphatic carboxylic acids is 1. The molecule has 2 aromatic carbocycles. The Hall–Kier alpha value is -3.72. The molecule has 0 saturated carbocycles. The number of benzene rings is 2. The number of hydrogen-bond acceptors (Lipinski definition) is 6. The largest absolute Gasteiger partial charge is 0.481 e. The van der Waals surface area contributed by atoms with Gasteiger partial charge in [0, 0.05) is 23.9 Å². The summed E-state index contributed by atoms with van der Waals surface area (Å²) in [6.45, 7) is 3.69. The summed E-state index contributed by atoms with van der Waals surface area (Å²) >= 11 is 1.39. The minimum Gasteiger partial charge on any atom is -0.481 e. The molecule has 4 rings (SSSR count). The smallest absolute Gasteiger partial charge is 0.407 e. The number of nitrogens with one attached hydrogen (secondary N) is 2. The van der Waals surface area contributed by atoms with Gasteiger partial charge < -0.3 is 20.5 Å². The summed E-state index contributed by atoms with van der Waals surface area (Å²) in [5.41, 5.74) is 3.59. The second kappa shape index (κ2) is 10.3. The van der Waals surface area contributed by atoms with Crippen LogP contribution in [0.2, 0.25) is 0 Å². The molecule has 0 radical (unpaired) electrons. The van der Waals surface area contributed by atoms with Gasteiger partial charge in [-0.25, -0.2) is 9.78 Å². The first-order valence-electron chi connectivity index (χ1n) is 11.3. The molecule has 1 aliphatic carbocycles. The highest BCUT2D eigenvalue weighted by molar-refractivity contribution is 7.09. The molecular formula is C26H27N3O5S. The number of hydrogen-bond donors (Lipinski definition) is 3. The van der Waals surface area contributed by atoms with E-state index in [0.29, 0.717) is 5.01 Å². The Balaban J connectivity index is 1.43. The van der Waals surface area contributed by atoms with Crippen LogP contribution in [0.4, 0.5) is 4.79 Å². The van der Waals surface area contributed by atoms with Crippen molar-refractivity contribution in [3.05, 3.63) is 76.2 Å². The van der Waals surface area contributed by atoms with E-state index in [1.165, 1.54) is 11.3 Å². The average Bonchev–Trinajstić information content (AvgIpc) is 3.48. The molecule has 1 heterocycles. The van der Waals surface area contributed by atoms with Crippen LogP contribution in [0.15, 0.2) is 60.1 Å².